The van der Waals surface area contributed by atoms with E-state index in [-0.39, 0.29) is 25.3 Å². The van der Waals surface area contributed by atoms with Gasteiger partial charge in [0, 0.05) is 6.54 Å². The number of carbonyl (C=O) groups excluding carboxylic acids is 1. The van der Waals surface area contributed by atoms with Gasteiger partial charge < -0.3 is 10.5 Å². The standard InChI is InChI=1S/C12H16F2N2O2/c1-3-18-11(17)5-8-4-9(12(13)14)16-10(6-15)7(8)2/h4,12H,3,5-6,15H2,1-2H3. The van der Waals surface area contributed by atoms with Gasteiger partial charge >= 0.3 is 5.97 Å². The minimum atomic E-state index is -2.68. The van der Waals surface area contributed by atoms with Gasteiger partial charge in [0.25, 0.3) is 6.43 Å². The highest BCUT2D eigenvalue weighted by Gasteiger charge is 2.16. The number of carbonyl (C=O) groups is 1. The molecule has 18 heavy (non-hydrogen) atoms. The van der Waals surface area contributed by atoms with E-state index in [2.05, 4.69) is 4.98 Å². The van der Waals surface area contributed by atoms with E-state index in [1.54, 1.807) is 13.8 Å². The van der Waals surface area contributed by atoms with Gasteiger partial charge in [-0.25, -0.2) is 8.78 Å². The maximum Gasteiger partial charge on any atom is 0.310 e. The zero-order valence-electron chi connectivity index (χ0n) is 10.4. The van der Waals surface area contributed by atoms with Crippen molar-refractivity contribution >= 4 is 5.97 Å². The summed E-state index contributed by atoms with van der Waals surface area (Å²) in [5.41, 5.74) is 6.62. The average molecular weight is 258 g/mol. The van der Waals surface area contributed by atoms with Crippen LogP contribution in [0.1, 0.15) is 35.9 Å². The lowest BCUT2D eigenvalue weighted by atomic mass is 10.0. The molecule has 6 heteroatoms. The van der Waals surface area contributed by atoms with Crippen LogP contribution in [0.5, 0.6) is 0 Å². The van der Waals surface area contributed by atoms with Crippen LogP contribution in [0.4, 0.5) is 8.78 Å². The fourth-order valence-electron chi connectivity index (χ4n) is 1.61. The van der Waals surface area contributed by atoms with Gasteiger partial charge in [0.2, 0.25) is 0 Å². The molecule has 100 valence electrons. The summed E-state index contributed by atoms with van der Waals surface area (Å²) in [7, 11) is 0. The number of alkyl halides is 2. The number of nitrogens with two attached hydrogens (primary N) is 1. The third-order valence-electron chi connectivity index (χ3n) is 2.56. The topological polar surface area (TPSA) is 65.2 Å². The van der Waals surface area contributed by atoms with E-state index in [4.69, 9.17) is 10.5 Å². The van der Waals surface area contributed by atoms with Gasteiger partial charge in [-0.2, -0.15) is 0 Å². The van der Waals surface area contributed by atoms with Crippen LogP contribution in [0.3, 0.4) is 0 Å². The second-order valence-electron chi connectivity index (χ2n) is 3.76. The summed E-state index contributed by atoms with van der Waals surface area (Å²) in [4.78, 5) is 15.2. The van der Waals surface area contributed by atoms with Crippen molar-refractivity contribution in [2.24, 2.45) is 5.73 Å². The van der Waals surface area contributed by atoms with Crippen LogP contribution >= 0.6 is 0 Å². The lowest BCUT2D eigenvalue weighted by Crippen LogP contribution is -2.13. The van der Waals surface area contributed by atoms with Gasteiger partial charge in [0.15, 0.2) is 0 Å². The molecule has 2 N–H and O–H groups in total. The summed E-state index contributed by atoms with van der Waals surface area (Å²) >= 11 is 0. The third kappa shape index (κ3) is 3.46. The maximum absolute atomic E-state index is 12.7. The fourth-order valence-corrected chi connectivity index (χ4v) is 1.61. The summed E-state index contributed by atoms with van der Waals surface area (Å²) in [6, 6.07) is 1.23. The normalized spacial score (nSPS) is 10.8. The van der Waals surface area contributed by atoms with Crippen LogP contribution in [0, 0.1) is 6.92 Å². The minimum absolute atomic E-state index is 0.0467. The first-order valence-corrected chi connectivity index (χ1v) is 5.62. The molecule has 0 saturated carbocycles. The molecule has 0 aliphatic rings. The van der Waals surface area contributed by atoms with Gasteiger partial charge in [-0.15, -0.1) is 0 Å². The lowest BCUT2D eigenvalue weighted by molar-refractivity contribution is -0.142. The second-order valence-corrected chi connectivity index (χ2v) is 3.76. The van der Waals surface area contributed by atoms with Gasteiger partial charge in [0.1, 0.15) is 5.69 Å². The molecule has 1 heterocycles. The van der Waals surface area contributed by atoms with E-state index in [9.17, 15) is 13.6 Å². The first-order chi connectivity index (χ1) is 8.49. The van der Waals surface area contributed by atoms with Crippen LogP contribution in [0.2, 0.25) is 0 Å². The van der Waals surface area contributed by atoms with E-state index >= 15 is 0 Å². The van der Waals surface area contributed by atoms with Gasteiger partial charge in [-0.1, -0.05) is 0 Å². The highest BCUT2D eigenvalue weighted by Crippen LogP contribution is 2.22. The Bertz CT molecular complexity index is 436. The minimum Gasteiger partial charge on any atom is -0.466 e. The van der Waals surface area contributed by atoms with Crippen molar-refractivity contribution in [1.82, 2.24) is 4.98 Å². The molecule has 1 aromatic rings. The number of nitrogens with zero attached hydrogens (tertiary/aromatic N) is 1. The second kappa shape index (κ2) is 6.39. The Labute approximate surface area is 104 Å². The molecule has 0 radical (unpaired) electrons. The fraction of sp³-hybridized carbons (Fsp3) is 0.500. The van der Waals surface area contributed by atoms with Gasteiger partial charge in [-0.05, 0) is 31.0 Å². The number of rotatable bonds is 5. The first kappa shape index (κ1) is 14.5. The number of halogens is 2. The van der Waals surface area contributed by atoms with E-state index < -0.39 is 12.4 Å². The molecule has 0 spiro atoms. The van der Waals surface area contributed by atoms with E-state index in [0.717, 1.165) is 0 Å². The highest BCUT2D eigenvalue weighted by molar-refractivity contribution is 5.73. The molecular formula is C12H16F2N2O2. The number of hydrogen-bond donors (Lipinski definition) is 1. The Balaban J connectivity index is 3.08. The predicted molar refractivity (Wildman–Crippen MR) is 62.2 cm³/mol. The molecule has 0 aliphatic carbocycles. The highest BCUT2D eigenvalue weighted by atomic mass is 19.3. The van der Waals surface area contributed by atoms with Crippen LogP contribution in [0.25, 0.3) is 0 Å². The molecule has 0 saturated heterocycles. The van der Waals surface area contributed by atoms with E-state index in [1.807, 2.05) is 0 Å². The zero-order valence-corrected chi connectivity index (χ0v) is 10.4. The van der Waals surface area contributed by atoms with Crippen LogP contribution in [-0.4, -0.2) is 17.6 Å². The summed E-state index contributed by atoms with van der Waals surface area (Å²) in [5.74, 6) is -0.449. The zero-order chi connectivity index (χ0) is 13.7. The Morgan fingerprint density at radius 3 is 2.72 bits per heavy atom. The van der Waals surface area contributed by atoms with Crippen molar-refractivity contribution in [2.75, 3.05) is 6.61 Å². The Morgan fingerprint density at radius 1 is 1.56 bits per heavy atom. The number of ether oxygens (including phenoxy) is 1. The predicted octanol–water partition coefficient (Wildman–Crippen LogP) is 1.89. The molecule has 0 amide bonds. The summed E-state index contributed by atoms with van der Waals surface area (Å²) in [6.07, 6.45) is -2.73. The summed E-state index contributed by atoms with van der Waals surface area (Å²) in [5, 5.41) is 0. The Kier molecular flexibility index (Phi) is 5.15. The van der Waals surface area contributed by atoms with Gasteiger partial charge in [-0.3, -0.25) is 9.78 Å². The quantitative estimate of drug-likeness (QED) is 0.819. The summed E-state index contributed by atoms with van der Waals surface area (Å²) < 4.78 is 30.1. The molecule has 0 unspecified atom stereocenters. The number of esters is 1. The molecule has 1 rings (SSSR count). The lowest BCUT2D eigenvalue weighted by Gasteiger charge is -2.12. The van der Waals surface area contributed by atoms with Crippen molar-refractivity contribution in [3.05, 3.63) is 28.6 Å². The molecule has 1 aromatic heterocycles. The first-order valence-electron chi connectivity index (χ1n) is 5.62. The smallest absolute Gasteiger partial charge is 0.310 e. The molecular weight excluding hydrogens is 242 g/mol. The van der Waals surface area contributed by atoms with Crippen LogP contribution in [0.15, 0.2) is 6.07 Å². The van der Waals surface area contributed by atoms with Crippen molar-refractivity contribution in [3.63, 3.8) is 0 Å². The van der Waals surface area contributed by atoms with Crippen LogP contribution in [-0.2, 0) is 22.5 Å². The molecule has 0 aliphatic heterocycles. The molecule has 4 nitrogen and oxygen atoms in total. The number of aromatic nitrogens is 1. The van der Waals surface area contributed by atoms with Crippen LogP contribution < -0.4 is 5.73 Å². The third-order valence-corrected chi connectivity index (χ3v) is 2.56. The van der Waals surface area contributed by atoms with E-state index in [0.29, 0.717) is 16.8 Å². The maximum atomic E-state index is 12.7. The SMILES string of the molecule is CCOC(=O)Cc1cc(C(F)F)nc(CN)c1C. The Morgan fingerprint density at radius 2 is 2.22 bits per heavy atom. The molecule has 0 bridgehead atoms. The summed E-state index contributed by atoms with van der Waals surface area (Å²) in [6.45, 7) is 3.71. The van der Waals surface area contributed by atoms with Crippen molar-refractivity contribution in [2.45, 2.75) is 33.2 Å². The van der Waals surface area contributed by atoms with Gasteiger partial charge in [0.05, 0.1) is 18.7 Å². The Hall–Kier alpha value is -1.56. The molecule has 0 aromatic carbocycles. The van der Waals surface area contributed by atoms with Crippen molar-refractivity contribution in [3.8, 4) is 0 Å². The van der Waals surface area contributed by atoms with Crippen molar-refractivity contribution < 1.29 is 18.3 Å². The number of hydrogen-bond acceptors (Lipinski definition) is 4. The average Bonchev–Trinajstić information content (AvgIpc) is 2.31. The number of pyridine rings is 1. The van der Waals surface area contributed by atoms with E-state index in [1.165, 1.54) is 6.07 Å². The van der Waals surface area contributed by atoms with Crippen molar-refractivity contribution in [1.29, 1.82) is 0 Å². The largest absolute Gasteiger partial charge is 0.466 e. The monoisotopic (exact) mass is 258 g/mol. The molecule has 0 fully saturated rings. The molecule has 0 atom stereocenters.